The van der Waals surface area contributed by atoms with Crippen LogP contribution in [-0.2, 0) is 37.9 Å². The van der Waals surface area contributed by atoms with Crippen LogP contribution in [-0.4, -0.2) is 110 Å². The van der Waals surface area contributed by atoms with Gasteiger partial charge >= 0.3 is 0 Å². The van der Waals surface area contributed by atoms with Crippen LogP contribution < -0.4 is 0 Å². The third-order valence-corrected chi connectivity index (χ3v) is 17.2. The molecule has 9 heteroatoms. The molecule has 0 bridgehead atoms. The Bertz CT molecular complexity index is 687. The zero-order valence-corrected chi connectivity index (χ0v) is 22.4. The third-order valence-electron chi connectivity index (χ3n) is 10.4. The van der Waals surface area contributed by atoms with Crippen molar-refractivity contribution in [3.63, 3.8) is 0 Å². The lowest BCUT2D eigenvalue weighted by molar-refractivity contribution is 0.0624. The molecule has 8 nitrogen and oxygen atoms in total. The molecule has 0 aromatic rings. The van der Waals surface area contributed by atoms with Crippen LogP contribution in [0.2, 0.25) is 23.2 Å². The molecule has 9 atom stereocenters. The molecule has 0 aromatic heterocycles. The average molecular weight is 523 g/mol. The quantitative estimate of drug-likeness (QED) is 0.189. The molecule has 0 aliphatic carbocycles. The smallest absolute Gasteiger partial charge is 0.0815 e. The summed E-state index contributed by atoms with van der Waals surface area (Å²) in [5.74, 6) is 0. The first-order chi connectivity index (χ1) is 17.6. The highest BCUT2D eigenvalue weighted by molar-refractivity contribution is 6.83. The fourth-order valence-electron chi connectivity index (χ4n) is 8.25. The van der Waals surface area contributed by atoms with Crippen molar-refractivity contribution >= 4 is 8.07 Å². The van der Waals surface area contributed by atoms with Crippen molar-refractivity contribution in [2.75, 3.05) is 52.9 Å². The molecule has 9 unspecified atom stereocenters. The Balaban J connectivity index is 1.27. The van der Waals surface area contributed by atoms with Crippen molar-refractivity contribution in [1.29, 1.82) is 0 Å². The second kappa shape index (κ2) is 8.96. The van der Waals surface area contributed by atoms with Crippen molar-refractivity contribution < 1.29 is 37.9 Å². The summed E-state index contributed by atoms with van der Waals surface area (Å²) in [6.45, 7) is 7.29. The zero-order chi connectivity index (χ0) is 23.8. The second-order valence-electron chi connectivity index (χ2n) is 13.3. The number of ether oxygens (including phenoxy) is 8. The number of epoxide rings is 8. The standard InChI is InChI=1S/C27H42O8Si/c1(18-7-28-18)2-27(6-22-11-32-22,26(3-19-8-29-19,4-20-9-30-20)5-21-10-31-21)36(15-23-12-33-23,16-24-13-34-24)17-25-14-35-25/h18-25H,1-17H2. The van der Waals surface area contributed by atoms with Gasteiger partial charge in [0.1, 0.15) is 0 Å². The maximum Gasteiger partial charge on any atom is 0.0815 e. The number of rotatable bonds is 19. The topological polar surface area (TPSA) is 100 Å². The van der Waals surface area contributed by atoms with E-state index in [9.17, 15) is 0 Å². The van der Waals surface area contributed by atoms with Gasteiger partial charge in [-0.2, -0.15) is 0 Å². The van der Waals surface area contributed by atoms with Crippen molar-refractivity contribution in [1.82, 2.24) is 0 Å². The highest BCUT2D eigenvalue weighted by Gasteiger charge is 2.69. The van der Waals surface area contributed by atoms with Gasteiger partial charge in [0, 0.05) is 0 Å². The van der Waals surface area contributed by atoms with Crippen LogP contribution >= 0.6 is 0 Å². The first-order valence-electron chi connectivity index (χ1n) is 14.6. The molecule has 8 fully saturated rings. The summed E-state index contributed by atoms with van der Waals surface area (Å²) >= 11 is 0. The summed E-state index contributed by atoms with van der Waals surface area (Å²) in [6.07, 6.45) is 10.0. The molecule has 8 heterocycles. The van der Waals surface area contributed by atoms with Crippen LogP contribution in [0.25, 0.3) is 0 Å². The minimum absolute atomic E-state index is 0.113. The van der Waals surface area contributed by atoms with E-state index >= 15 is 0 Å². The summed E-state index contributed by atoms with van der Waals surface area (Å²) in [4.78, 5) is 0. The van der Waals surface area contributed by atoms with Gasteiger partial charge in [0.15, 0.2) is 0 Å². The normalized spacial score (nSPS) is 45.7. The van der Waals surface area contributed by atoms with E-state index in [2.05, 4.69) is 0 Å². The van der Waals surface area contributed by atoms with Crippen LogP contribution in [0.5, 0.6) is 0 Å². The fourth-order valence-corrected chi connectivity index (χ4v) is 16.0. The summed E-state index contributed by atoms with van der Waals surface area (Å²) in [6, 6.07) is 3.69. The predicted molar refractivity (Wildman–Crippen MR) is 131 cm³/mol. The average Bonchev–Trinajstić information content (AvgIpc) is 3.65. The van der Waals surface area contributed by atoms with Gasteiger partial charge in [-0.3, -0.25) is 0 Å². The maximum atomic E-state index is 6.10. The van der Waals surface area contributed by atoms with Crippen LogP contribution in [0.4, 0.5) is 0 Å². The maximum absolute atomic E-state index is 6.10. The Hall–Kier alpha value is -0.103. The molecule has 8 aliphatic rings. The largest absolute Gasteiger partial charge is 0.373 e. The van der Waals surface area contributed by atoms with Gasteiger partial charge < -0.3 is 37.9 Å². The second-order valence-corrected chi connectivity index (χ2v) is 18.0. The summed E-state index contributed by atoms with van der Waals surface area (Å²) in [7, 11) is -2.07. The van der Waals surface area contributed by atoms with Crippen molar-refractivity contribution in [2.45, 2.75) is 111 Å². The van der Waals surface area contributed by atoms with Crippen LogP contribution in [0.3, 0.4) is 0 Å². The predicted octanol–water partition coefficient (Wildman–Crippen LogP) is 2.69. The van der Waals surface area contributed by atoms with E-state index in [1.54, 1.807) is 0 Å². The molecule has 0 spiro atoms. The Morgan fingerprint density at radius 3 is 1.11 bits per heavy atom. The first-order valence-corrected chi connectivity index (χ1v) is 17.2. The van der Waals surface area contributed by atoms with Gasteiger partial charge in [0.05, 0.1) is 110 Å². The minimum atomic E-state index is -2.07. The van der Waals surface area contributed by atoms with Crippen molar-refractivity contribution in [2.24, 2.45) is 5.41 Å². The lowest BCUT2D eigenvalue weighted by Crippen LogP contribution is -2.60. The van der Waals surface area contributed by atoms with Gasteiger partial charge in [-0.15, -0.1) is 0 Å². The molecular formula is C27H42O8Si. The molecule has 8 aliphatic heterocycles. The van der Waals surface area contributed by atoms with Gasteiger partial charge in [-0.05, 0) is 67.1 Å². The van der Waals surface area contributed by atoms with E-state index < -0.39 is 8.07 Å². The van der Waals surface area contributed by atoms with E-state index in [1.807, 2.05) is 0 Å². The molecule has 202 valence electrons. The summed E-state index contributed by atoms with van der Waals surface area (Å²) in [5.41, 5.74) is 0.113. The van der Waals surface area contributed by atoms with Crippen LogP contribution in [0, 0.1) is 5.41 Å². The van der Waals surface area contributed by atoms with E-state index in [1.165, 1.54) is 24.6 Å². The Labute approximate surface area is 214 Å². The lowest BCUT2D eigenvalue weighted by Gasteiger charge is -2.61. The lowest BCUT2D eigenvalue weighted by atomic mass is 9.62. The van der Waals surface area contributed by atoms with Crippen molar-refractivity contribution in [3.05, 3.63) is 0 Å². The highest BCUT2D eigenvalue weighted by Crippen LogP contribution is 2.71. The highest BCUT2D eigenvalue weighted by atomic mass is 28.3. The van der Waals surface area contributed by atoms with E-state index in [0.717, 1.165) is 85.0 Å². The van der Waals surface area contributed by atoms with Gasteiger partial charge in [0.2, 0.25) is 0 Å². The molecule has 8 rings (SSSR count). The third kappa shape index (κ3) is 5.34. The molecule has 0 radical (unpaired) electrons. The minimum Gasteiger partial charge on any atom is -0.373 e. The molecule has 8 saturated heterocycles. The van der Waals surface area contributed by atoms with E-state index in [0.29, 0.717) is 48.8 Å². The number of hydrogen-bond acceptors (Lipinski definition) is 8. The van der Waals surface area contributed by atoms with Gasteiger partial charge in [0.25, 0.3) is 0 Å². The van der Waals surface area contributed by atoms with Gasteiger partial charge in [-0.1, -0.05) is 0 Å². The van der Waals surface area contributed by atoms with Gasteiger partial charge in [-0.25, -0.2) is 0 Å². The molecule has 36 heavy (non-hydrogen) atoms. The molecule has 0 amide bonds. The molecule has 0 aromatic carbocycles. The van der Waals surface area contributed by atoms with Crippen LogP contribution in [0.15, 0.2) is 0 Å². The first kappa shape index (κ1) is 23.8. The molecule has 0 N–H and O–H groups in total. The Morgan fingerprint density at radius 2 is 0.778 bits per heavy atom. The number of hydrogen-bond donors (Lipinski definition) is 0. The summed E-state index contributed by atoms with van der Waals surface area (Å²) in [5, 5.41) is 0.167. The van der Waals surface area contributed by atoms with E-state index in [4.69, 9.17) is 37.9 Å². The van der Waals surface area contributed by atoms with Crippen molar-refractivity contribution in [3.8, 4) is 0 Å². The van der Waals surface area contributed by atoms with Crippen LogP contribution in [0.1, 0.15) is 38.5 Å². The van der Waals surface area contributed by atoms with E-state index in [-0.39, 0.29) is 10.5 Å². The monoisotopic (exact) mass is 522 g/mol. The summed E-state index contributed by atoms with van der Waals surface area (Å²) < 4.78 is 48.1. The zero-order valence-electron chi connectivity index (χ0n) is 21.4. The molecular weight excluding hydrogens is 480 g/mol. The SMILES string of the molecule is C(CC(CC1CO1)(C(CC1CO1)(CC1CO1)CC1CO1)[Si](CC1CO1)(CC1CO1)CC1CO1)C1CO1. The Morgan fingerprint density at radius 1 is 0.444 bits per heavy atom. The fraction of sp³-hybridized carbons (Fsp3) is 1.00. The molecule has 0 saturated carbocycles. The Kier molecular flexibility index (Phi) is 5.91.